The second kappa shape index (κ2) is 6.21. The van der Waals surface area contributed by atoms with Gasteiger partial charge in [0.1, 0.15) is 23.8 Å². The molecule has 24 heavy (non-hydrogen) atoms. The minimum Gasteiger partial charge on any atom is -0.482 e. The summed E-state index contributed by atoms with van der Waals surface area (Å²) in [6.45, 7) is 1.92. The fourth-order valence-corrected chi connectivity index (χ4v) is 4.14. The fraction of sp³-hybridized carbons (Fsp3) is 0.529. The second-order valence-electron chi connectivity index (χ2n) is 6.33. The number of fused-ring (bicyclic) bond motifs is 2. The number of hydrogen-bond donors (Lipinski definition) is 2. The van der Waals surface area contributed by atoms with E-state index in [0.29, 0.717) is 24.2 Å². The largest absolute Gasteiger partial charge is 0.482 e. The van der Waals surface area contributed by atoms with Gasteiger partial charge in [-0.25, -0.2) is 0 Å². The summed E-state index contributed by atoms with van der Waals surface area (Å²) < 4.78 is 12.0. The number of carbonyl (C=O) groups is 1. The van der Waals surface area contributed by atoms with Crippen molar-refractivity contribution in [2.75, 3.05) is 6.61 Å². The highest BCUT2D eigenvalue weighted by atomic mass is 35.5. The van der Waals surface area contributed by atoms with E-state index < -0.39 is 16.0 Å². The van der Waals surface area contributed by atoms with Gasteiger partial charge >= 0.3 is 0 Å². The highest BCUT2D eigenvalue weighted by Gasteiger charge is 2.56. The van der Waals surface area contributed by atoms with Gasteiger partial charge in [-0.05, 0) is 25.0 Å². The Balaban J connectivity index is 2.07. The lowest BCUT2D eigenvalue weighted by Gasteiger charge is -2.37. The third kappa shape index (κ3) is 2.68. The molecule has 0 aromatic rings. The van der Waals surface area contributed by atoms with E-state index in [0.717, 1.165) is 18.4 Å². The SMILES string of the molecule is CCCC12CCC(=O)C=C1C1=C(C=CC(Cl)C1(Cl)OCC(=N)N)O2. The maximum absolute atomic E-state index is 12.0. The van der Waals surface area contributed by atoms with Crippen molar-refractivity contribution in [2.45, 2.75) is 48.6 Å². The predicted molar refractivity (Wildman–Crippen MR) is 93.3 cm³/mol. The van der Waals surface area contributed by atoms with Crippen molar-refractivity contribution in [1.82, 2.24) is 0 Å². The number of alkyl halides is 2. The topological polar surface area (TPSA) is 85.4 Å². The average Bonchev–Trinajstić information content (AvgIpc) is 2.84. The number of rotatable bonds is 5. The molecule has 1 heterocycles. The van der Waals surface area contributed by atoms with Gasteiger partial charge in [0, 0.05) is 12.0 Å². The number of halogens is 2. The lowest BCUT2D eigenvalue weighted by Crippen LogP contribution is -2.43. The quantitative estimate of drug-likeness (QED) is 0.442. The van der Waals surface area contributed by atoms with Crippen LogP contribution in [0.4, 0.5) is 0 Å². The van der Waals surface area contributed by atoms with Crippen LogP contribution in [0.25, 0.3) is 0 Å². The van der Waals surface area contributed by atoms with Crippen molar-refractivity contribution >= 4 is 34.8 Å². The second-order valence-corrected chi connectivity index (χ2v) is 7.36. The Labute approximate surface area is 151 Å². The normalized spacial score (nSPS) is 34.5. The number of ether oxygens (including phenoxy) is 2. The summed E-state index contributed by atoms with van der Waals surface area (Å²) in [6.07, 6.45) is 7.83. The van der Waals surface area contributed by atoms with Crippen molar-refractivity contribution in [3.63, 3.8) is 0 Å². The molecule has 0 spiro atoms. The molecular formula is C17H20Cl2N2O3. The summed E-state index contributed by atoms with van der Waals surface area (Å²) in [7, 11) is 0. The van der Waals surface area contributed by atoms with Crippen LogP contribution in [0.1, 0.15) is 32.6 Å². The third-order valence-corrected chi connectivity index (χ3v) is 5.69. The summed E-state index contributed by atoms with van der Waals surface area (Å²) in [5.41, 5.74) is 6.19. The Morgan fingerprint density at radius 1 is 1.58 bits per heavy atom. The van der Waals surface area contributed by atoms with Crippen LogP contribution in [0.5, 0.6) is 0 Å². The minimum absolute atomic E-state index is 0.0420. The molecule has 0 saturated heterocycles. The van der Waals surface area contributed by atoms with E-state index in [2.05, 4.69) is 6.92 Å². The van der Waals surface area contributed by atoms with E-state index >= 15 is 0 Å². The molecule has 0 aromatic heterocycles. The first-order valence-corrected chi connectivity index (χ1v) is 8.81. The van der Waals surface area contributed by atoms with E-state index in [1.807, 2.05) is 0 Å². The molecule has 130 valence electrons. The standard InChI is InChI=1S/C17H20Cl2N2O3/c1-2-6-16-7-5-10(22)8-11(16)15-12(24-16)3-4-13(18)17(15,19)23-9-14(20)21/h3-4,8,13H,2,5-7,9H2,1H3,(H3,20,21). The van der Waals surface area contributed by atoms with Crippen LogP contribution in [0.3, 0.4) is 0 Å². The number of ketones is 1. The Hall–Kier alpha value is -1.30. The number of carbonyl (C=O) groups excluding carboxylic acids is 1. The van der Waals surface area contributed by atoms with Crippen LogP contribution in [-0.2, 0) is 14.3 Å². The van der Waals surface area contributed by atoms with Crippen LogP contribution < -0.4 is 5.73 Å². The average molecular weight is 371 g/mol. The van der Waals surface area contributed by atoms with E-state index in [9.17, 15) is 4.79 Å². The zero-order chi connectivity index (χ0) is 17.5. The highest BCUT2D eigenvalue weighted by Crippen LogP contribution is 2.55. The smallest absolute Gasteiger partial charge is 0.191 e. The van der Waals surface area contributed by atoms with Crippen LogP contribution in [-0.4, -0.2) is 34.3 Å². The third-order valence-electron chi connectivity index (χ3n) is 4.60. The van der Waals surface area contributed by atoms with Crippen molar-refractivity contribution < 1.29 is 14.3 Å². The molecule has 3 rings (SSSR count). The molecule has 0 fully saturated rings. The predicted octanol–water partition coefficient (Wildman–Crippen LogP) is 3.16. The number of hydrogen-bond acceptors (Lipinski definition) is 4. The zero-order valence-electron chi connectivity index (χ0n) is 13.4. The molecule has 3 atom stereocenters. The summed E-state index contributed by atoms with van der Waals surface area (Å²) in [6, 6.07) is 0. The molecule has 7 heteroatoms. The molecule has 1 aliphatic heterocycles. The maximum atomic E-state index is 12.0. The van der Waals surface area contributed by atoms with Gasteiger partial charge in [0.15, 0.2) is 10.8 Å². The number of allylic oxidation sites excluding steroid dienone is 2. The molecule has 0 radical (unpaired) electrons. The maximum Gasteiger partial charge on any atom is 0.191 e. The molecular weight excluding hydrogens is 351 g/mol. The molecule has 3 aliphatic rings. The number of nitrogens with one attached hydrogen (secondary N) is 1. The van der Waals surface area contributed by atoms with Crippen molar-refractivity contribution in [3.05, 3.63) is 35.1 Å². The van der Waals surface area contributed by atoms with E-state index in [1.165, 1.54) is 0 Å². The van der Waals surface area contributed by atoms with Crippen molar-refractivity contribution in [2.24, 2.45) is 5.73 Å². The summed E-state index contributed by atoms with van der Waals surface area (Å²) in [5, 5.41) is 5.30. The van der Waals surface area contributed by atoms with Gasteiger partial charge in [-0.3, -0.25) is 10.2 Å². The summed E-state index contributed by atoms with van der Waals surface area (Å²) in [4.78, 5) is 12.0. The van der Waals surface area contributed by atoms with Crippen LogP contribution in [0.15, 0.2) is 35.1 Å². The minimum atomic E-state index is -1.42. The summed E-state index contributed by atoms with van der Waals surface area (Å²) in [5.74, 6) is 0.475. The molecule has 0 saturated carbocycles. The Morgan fingerprint density at radius 3 is 3.00 bits per heavy atom. The molecule has 0 bridgehead atoms. The molecule has 0 amide bonds. The van der Waals surface area contributed by atoms with Crippen LogP contribution >= 0.6 is 23.2 Å². The first-order valence-electron chi connectivity index (χ1n) is 7.99. The van der Waals surface area contributed by atoms with Crippen LogP contribution in [0.2, 0.25) is 0 Å². The first-order chi connectivity index (χ1) is 11.3. The highest BCUT2D eigenvalue weighted by molar-refractivity contribution is 6.34. The first kappa shape index (κ1) is 17.5. The van der Waals surface area contributed by atoms with E-state index in [-0.39, 0.29) is 18.2 Å². The van der Waals surface area contributed by atoms with E-state index in [4.69, 9.17) is 43.8 Å². The van der Waals surface area contributed by atoms with E-state index in [1.54, 1.807) is 18.2 Å². The van der Waals surface area contributed by atoms with Gasteiger partial charge in [-0.1, -0.05) is 31.0 Å². The number of amidine groups is 1. The van der Waals surface area contributed by atoms with Crippen LogP contribution in [0, 0.1) is 5.41 Å². The lowest BCUT2D eigenvalue weighted by molar-refractivity contribution is -0.116. The molecule has 3 unspecified atom stereocenters. The van der Waals surface area contributed by atoms with Gasteiger partial charge in [0.25, 0.3) is 0 Å². The molecule has 5 nitrogen and oxygen atoms in total. The molecule has 3 N–H and O–H groups in total. The van der Waals surface area contributed by atoms with Crippen molar-refractivity contribution in [3.8, 4) is 0 Å². The zero-order valence-corrected chi connectivity index (χ0v) is 14.9. The van der Waals surface area contributed by atoms with Gasteiger partial charge < -0.3 is 15.2 Å². The van der Waals surface area contributed by atoms with Gasteiger partial charge in [-0.2, -0.15) is 0 Å². The van der Waals surface area contributed by atoms with Gasteiger partial charge in [-0.15, -0.1) is 11.6 Å². The number of nitrogens with two attached hydrogens (primary N) is 1. The Bertz CT molecular complexity index is 685. The fourth-order valence-electron chi connectivity index (χ4n) is 3.58. The van der Waals surface area contributed by atoms with Gasteiger partial charge in [0.05, 0.1) is 11.0 Å². The summed E-state index contributed by atoms with van der Waals surface area (Å²) >= 11 is 13.2. The monoisotopic (exact) mass is 370 g/mol. The Morgan fingerprint density at radius 2 is 2.33 bits per heavy atom. The van der Waals surface area contributed by atoms with Crippen molar-refractivity contribution in [1.29, 1.82) is 5.41 Å². The lowest BCUT2D eigenvalue weighted by atomic mass is 9.75. The molecule has 0 aromatic carbocycles. The van der Waals surface area contributed by atoms with Gasteiger partial charge in [0.2, 0.25) is 0 Å². The molecule has 2 aliphatic carbocycles. The Kier molecular flexibility index (Phi) is 4.53.